The molecule has 0 radical (unpaired) electrons. The van der Waals surface area contributed by atoms with E-state index in [4.69, 9.17) is 9.84 Å². The molecular formula is C12H19N3O5. The van der Waals surface area contributed by atoms with Gasteiger partial charge in [-0.1, -0.05) is 0 Å². The monoisotopic (exact) mass is 285 g/mol. The quantitative estimate of drug-likeness (QED) is 0.537. The highest BCUT2D eigenvalue weighted by Crippen LogP contribution is 2.28. The summed E-state index contributed by atoms with van der Waals surface area (Å²) in [5, 5.41) is 31.6. The van der Waals surface area contributed by atoms with Crippen molar-refractivity contribution in [2.45, 2.75) is 38.4 Å². The van der Waals surface area contributed by atoms with E-state index in [1.807, 2.05) is 6.92 Å². The number of hydrogen-bond acceptors (Lipinski definition) is 7. The lowest BCUT2D eigenvalue weighted by Gasteiger charge is -2.18. The number of aliphatic hydroxyl groups excluding tert-OH is 3. The van der Waals surface area contributed by atoms with E-state index in [9.17, 15) is 15.0 Å². The molecule has 0 bridgehead atoms. The van der Waals surface area contributed by atoms with Crippen molar-refractivity contribution >= 4 is 5.82 Å². The fraction of sp³-hybridized carbons (Fsp3) is 0.667. The van der Waals surface area contributed by atoms with Crippen LogP contribution in [0.4, 0.5) is 5.82 Å². The number of aliphatic hydroxyl groups is 3. The van der Waals surface area contributed by atoms with Crippen LogP contribution >= 0.6 is 0 Å². The van der Waals surface area contributed by atoms with Gasteiger partial charge in [0.2, 0.25) is 0 Å². The van der Waals surface area contributed by atoms with Crippen molar-refractivity contribution in [3.8, 4) is 0 Å². The second-order valence-electron chi connectivity index (χ2n) is 4.72. The number of nitrogens with zero attached hydrogens (tertiary/aromatic N) is 2. The second-order valence-corrected chi connectivity index (χ2v) is 4.72. The Bertz CT molecular complexity index is 532. The highest BCUT2D eigenvalue weighted by atomic mass is 16.6. The van der Waals surface area contributed by atoms with Gasteiger partial charge in [0.15, 0.2) is 6.23 Å². The van der Waals surface area contributed by atoms with Crippen molar-refractivity contribution in [3.05, 3.63) is 22.2 Å². The van der Waals surface area contributed by atoms with E-state index >= 15 is 0 Å². The van der Waals surface area contributed by atoms with Crippen molar-refractivity contribution in [1.29, 1.82) is 0 Å². The first-order valence-electron chi connectivity index (χ1n) is 6.45. The third-order valence-electron chi connectivity index (χ3n) is 3.27. The van der Waals surface area contributed by atoms with Crippen LogP contribution in [0.3, 0.4) is 0 Å². The summed E-state index contributed by atoms with van der Waals surface area (Å²) in [7, 11) is 0. The highest BCUT2D eigenvalue weighted by Gasteiger charge is 2.43. The Balaban J connectivity index is 2.34. The van der Waals surface area contributed by atoms with Crippen molar-refractivity contribution in [2.24, 2.45) is 0 Å². The highest BCUT2D eigenvalue weighted by molar-refractivity contribution is 5.41. The molecule has 0 amide bonds. The minimum Gasteiger partial charge on any atom is -0.394 e. The van der Waals surface area contributed by atoms with Crippen LogP contribution in [0.5, 0.6) is 0 Å². The van der Waals surface area contributed by atoms with Gasteiger partial charge in [-0.05, 0) is 13.8 Å². The number of aromatic nitrogens is 2. The fourth-order valence-electron chi connectivity index (χ4n) is 2.21. The van der Waals surface area contributed by atoms with E-state index in [1.165, 1.54) is 6.20 Å². The third-order valence-corrected chi connectivity index (χ3v) is 3.27. The molecule has 20 heavy (non-hydrogen) atoms. The Kier molecular flexibility index (Phi) is 4.39. The molecule has 0 unspecified atom stereocenters. The largest absolute Gasteiger partial charge is 0.394 e. The van der Waals surface area contributed by atoms with E-state index in [1.54, 1.807) is 6.92 Å². The zero-order valence-electron chi connectivity index (χ0n) is 11.4. The predicted molar refractivity (Wildman–Crippen MR) is 70.4 cm³/mol. The zero-order chi connectivity index (χ0) is 14.9. The summed E-state index contributed by atoms with van der Waals surface area (Å²) in [4.78, 5) is 15.9. The average molecular weight is 285 g/mol. The Morgan fingerprint density at radius 1 is 1.45 bits per heavy atom. The molecule has 4 atom stereocenters. The Hall–Kier alpha value is -1.48. The molecule has 112 valence electrons. The minimum atomic E-state index is -1.30. The van der Waals surface area contributed by atoms with Gasteiger partial charge in [0.25, 0.3) is 0 Å². The summed E-state index contributed by atoms with van der Waals surface area (Å²) in [6, 6.07) is 0. The van der Waals surface area contributed by atoms with Crippen LogP contribution in [-0.4, -0.2) is 56.3 Å². The first kappa shape index (κ1) is 14.9. The zero-order valence-corrected chi connectivity index (χ0v) is 11.4. The maximum Gasteiger partial charge on any atom is 0.351 e. The lowest BCUT2D eigenvalue weighted by molar-refractivity contribution is -0.0550. The molecule has 4 N–H and O–H groups in total. The number of anilines is 1. The van der Waals surface area contributed by atoms with Crippen LogP contribution in [0.25, 0.3) is 0 Å². The van der Waals surface area contributed by atoms with Gasteiger partial charge < -0.3 is 25.4 Å². The molecule has 1 aliphatic heterocycles. The number of aryl methyl sites for hydroxylation is 1. The molecule has 1 aromatic heterocycles. The third kappa shape index (κ3) is 2.55. The van der Waals surface area contributed by atoms with Gasteiger partial charge in [-0.2, -0.15) is 4.98 Å². The molecule has 0 spiro atoms. The molecule has 1 saturated heterocycles. The molecular weight excluding hydrogens is 266 g/mol. The Morgan fingerprint density at radius 2 is 2.15 bits per heavy atom. The Labute approximate surface area is 115 Å². The predicted octanol–water partition coefficient (Wildman–Crippen LogP) is -1.40. The number of nitrogens with one attached hydrogen (secondary N) is 1. The SMILES string of the molecule is CCNc1nc(=O)n([C@@H]2O[C@H](CO)[C@@H](O)[C@H]2O)cc1C. The molecule has 2 rings (SSSR count). The van der Waals surface area contributed by atoms with Crippen LogP contribution in [0.2, 0.25) is 0 Å². The minimum absolute atomic E-state index is 0.439. The maximum atomic E-state index is 12.0. The van der Waals surface area contributed by atoms with E-state index < -0.39 is 36.8 Å². The van der Waals surface area contributed by atoms with Gasteiger partial charge in [0, 0.05) is 18.3 Å². The van der Waals surface area contributed by atoms with E-state index in [0.717, 1.165) is 4.57 Å². The first-order chi connectivity index (χ1) is 9.49. The lowest BCUT2D eigenvalue weighted by Crippen LogP contribution is -2.36. The van der Waals surface area contributed by atoms with Crippen LogP contribution in [0.1, 0.15) is 18.7 Å². The molecule has 0 aromatic carbocycles. The fourth-order valence-corrected chi connectivity index (χ4v) is 2.21. The summed E-state index contributed by atoms with van der Waals surface area (Å²) in [6.07, 6.45) is -3.01. The number of ether oxygens (including phenoxy) is 1. The smallest absolute Gasteiger partial charge is 0.351 e. The van der Waals surface area contributed by atoms with Gasteiger partial charge in [-0.3, -0.25) is 4.57 Å². The van der Waals surface area contributed by atoms with Gasteiger partial charge in [0.05, 0.1) is 6.61 Å². The summed E-state index contributed by atoms with van der Waals surface area (Å²) in [6.45, 7) is 3.84. The standard InChI is InChI=1S/C12H19N3O5/c1-3-13-10-6(2)4-15(12(19)14-10)11-9(18)8(17)7(5-16)20-11/h4,7-9,11,16-18H,3,5H2,1-2H3,(H,13,14,19)/t7-,8-,9-,11-/m1/s1. The van der Waals surface area contributed by atoms with E-state index in [2.05, 4.69) is 10.3 Å². The van der Waals surface area contributed by atoms with Gasteiger partial charge in [-0.15, -0.1) is 0 Å². The van der Waals surface area contributed by atoms with Gasteiger partial charge in [0.1, 0.15) is 24.1 Å². The van der Waals surface area contributed by atoms with E-state index in [0.29, 0.717) is 17.9 Å². The van der Waals surface area contributed by atoms with Gasteiger partial charge >= 0.3 is 5.69 Å². The maximum absolute atomic E-state index is 12.0. The molecule has 0 aliphatic carbocycles. The summed E-state index contributed by atoms with van der Waals surface area (Å²) < 4.78 is 6.43. The summed E-state index contributed by atoms with van der Waals surface area (Å²) >= 11 is 0. The van der Waals surface area contributed by atoms with Crippen molar-refractivity contribution in [1.82, 2.24) is 9.55 Å². The second kappa shape index (κ2) is 5.88. The lowest BCUT2D eigenvalue weighted by atomic mass is 10.1. The summed E-state index contributed by atoms with van der Waals surface area (Å²) in [5.41, 5.74) is 0.116. The van der Waals surface area contributed by atoms with Crippen molar-refractivity contribution in [2.75, 3.05) is 18.5 Å². The molecule has 8 nitrogen and oxygen atoms in total. The Morgan fingerprint density at radius 3 is 2.70 bits per heavy atom. The average Bonchev–Trinajstić information content (AvgIpc) is 2.70. The van der Waals surface area contributed by atoms with Crippen molar-refractivity contribution < 1.29 is 20.1 Å². The van der Waals surface area contributed by atoms with E-state index in [-0.39, 0.29) is 0 Å². The molecule has 1 fully saturated rings. The van der Waals surface area contributed by atoms with Crippen LogP contribution < -0.4 is 11.0 Å². The molecule has 1 aromatic rings. The normalized spacial score (nSPS) is 29.6. The van der Waals surface area contributed by atoms with Crippen LogP contribution in [-0.2, 0) is 4.74 Å². The molecule has 8 heteroatoms. The molecule has 1 aliphatic rings. The topological polar surface area (TPSA) is 117 Å². The van der Waals surface area contributed by atoms with Crippen molar-refractivity contribution in [3.63, 3.8) is 0 Å². The molecule has 2 heterocycles. The van der Waals surface area contributed by atoms with Crippen LogP contribution in [0.15, 0.2) is 11.0 Å². The molecule has 0 saturated carbocycles. The van der Waals surface area contributed by atoms with Crippen LogP contribution in [0, 0.1) is 6.92 Å². The first-order valence-corrected chi connectivity index (χ1v) is 6.45. The number of rotatable bonds is 4. The number of hydrogen-bond donors (Lipinski definition) is 4. The summed E-state index contributed by atoms with van der Waals surface area (Å²) in [5.74, 6) is 0.473. The van der Waals surface area contributed by atoms with Gasteiger partial charge in [-0.25, -0.2) is 4.79 Å².